The summed E-state index contributed by atoms with van der Waals surface area (Å²) in [6, 6.07) is 0. The summed E-state index contributed by atoms with van der Waals surface area (Å²) in [5.41, 5.74) is 2.43. The molecule has 3 aliphatic rings. The summed E-state index contributed by atoms with van der Waals surface area (Å²) in [4.78, 5) is 0. The SMILES string of the molecule is CC1/C(=C\C=C2/CCC[C@]3(C)[C@@H]([C@H](C)CCCC(C)(C)O)CC[C@@H]23)C[C@@H](O)[C@H](OCCCO)[C@@H]1O. The molecule has 0 radical (unpaired) electrons. The molecule has 3 aliphatic carbocycles. The maximum Gasteiger partial charge on any atom is 0.110 e. The first-order valence-corrected chi connectivity index (χ1v) is 14.2. The van der Waals surface area contributed by atoms with Crippen molar-refractivity contribution < 1.29 is 25.2 Å². The minimum absolute atomic E-state index is 0.0494. The Labute approximate surface area is 213 Å². The number of fused-ring (bicyclic) bond motifs is 1. The molecular formula is C30H52O5. The molecule has 8 atom stereocenters. The van der Waals surface area contributed by atoms with Gasteiger partial charge in [0, 0.05) is 19.1 Å². The predicted octanol–water partition coefficient (Wildman–Crippen LogP) is 5.16. The van der Waals surface area contributed by atoms with Crippen molar-refractivity contribution in [2.75, 3.05) is 13.2 Å². The summed E-state index contributed by atoms with van der Waals surface area (Å²) in [6.07, 6.45) is 12.9. The topological polar surface area (TPSA) is 90.2 Å². The number of aliphatic hydroxyl groups excluding tert-OH is 3. The molecule has 3 saturated carbocycles. The van der Waals surface area contributed by atoms with Gasteiger partial charge in [0.1, 0.15) is 6.10 Å². The largest absolute Gasteiger partial charge is 0.396 e. The van der Waals surface area contributed by atoms with Crippen LogP contribution in [0, 0.1) is 29.1 Å². The van der Waals surface area contributed by atoms with E-state index in [-0.39, 0.29) is 12.5 Å². The maximum atomic E-state index is 10.8. The van der Waals surface area contributed by atoms with Gasteiger partial charge in [-0.05, 0) is 88.4 Å². The van der Waals surface area contributed by atoms with Crippen molar-refractivity contribution in [3.8, 4) is 0 Å². The van der Waals surface area contributed by atoms with E-state index in [1.807, 2.05) is 20.8 Å². The van der Waals surface area contributed by atoms with Crippen LogP contribution in [0.4, 0.5) is 0 Å². The van der Waals surface area contributed by atoms with Gasteiger partial charge in [-0.2, -0.15) is 0 Å². The molecule has 3 rings (SSSR count). The maximum absolute atomic E-state index is 10.8. The fourth-order valence-electron chi connectivity index (χ4n) is 7.47. The third-order valence-corrected chi connectivity index (χ3v) is 9.55. The summed E-state index contributed by atoms with van der Waals surface area (Å²) in [6.45, 7) is 11.2. The summed E-state index contributed by atoms with van der Waals surface area (Å²) in [5.74, 6) is 1.98. The molecule has 5 nitrogen and oxygen atoms in total. The molecule has 0 saturated heterocycles. The first kappa shape index (κ1) is 28.8. The highest BCUT2D eigenvalue weighted by atomic mass is 16.5. The summed E-state index contributed by atoms with van der Waals surface area (Å²) < 4.78 is 5.70. The third-order valence-electron chi connectivity index (χ3n) is 9.55. The second kappa shape index (κ2) is 12.2. The number of hydrogen-bond acceptors (Lipinski definition) is 5. The number of allylic oxidation sites excluding steroid dienone is 3. The van der Waals surface area contributed by atoms with E-state index in [1.165, 1.54) is 32.1 Å². The fourth-order valence-corrected chi connectivity index (χ4v) is 7.47. The van der Waals surface area contributed by atoms with Crippen molar-refractivity contribution in [2.45, 2.75) is 123 Å². The van der Waals surface area contributed by atoms with E-state index in [4.69, 9.17) is 9.84 Å². The Bertz CT molecular complexity index is 738. The normalized spacial score (nSPS) is 39.2. The van der Waals surface area contributed by atoms with E-state index in [0.717, 1.165) is 30.8 Å². The van der Waals surface area contributed by atoms with Gasteiger partial charge in [-0.25, -0.2) is 0 Å². The molecule has 4 N–H and O–H groups in total. The number of rotatable bonds is 10. The Hall–Kier alpha value is -0.720. The minimum Gasteiger partial charge on any atom is -0.396 e. The van der Waals surface area contributed by atoms with Crippen LogP contribution in [0.15, 0.2) is 23.3 Å². The lowest BCUT2D eigenvalue weighted by molar-refractivity contribution is -0.125. The van der Waals surface area contributed by atoms with Crippen LogP contribution in [0.2, 0.25) is 0 Å². The van der Waals surface area contributed by atoms with Crippen molar-refractivity contribution in [3.05, 3.63) is 23.3 Å². The smallest absolute Gasteiger partial charge is 0.110 e. The average molecular weight is 493 g/mol. The number of hydrogen-bond donors (Lipinski definition) is 4. The molecule has 0 spiro atoms. The fraction of sp³-hybridized carbons (Fsp3) is 0.867. The highest BCUT2D eigenvalue weighted by Crippen LogP contribution is 2.60. The lowest BCUT2D eigenvalue weighted by Crippen LogP contribution is -2.48. The van der Waals surface area contributed by atoms with E-state index in [2.05, 4.69) is 26.0 Å². The van der Waals surface area contributed by atoms with Gasteiger partial charge in [0.05, 0.1) is 17.8 Å². The Kier molecular flexibility index (Phi) is 10.1. The Morgan fingerprint density at radius 1 is 1.14 bits per heavy atom. The van der Waals surface area contributed by atoms with Gasteiger partial charge in [-0.3, -0.25) is 0 Å². The third kappa shape index (κ3) is 6.98. The first-order valence-electron chi connectivity index (χ1n) is 14.2. The van der Waals surface area contributed by atoms with Crippen LogP contribution in [0.1, 0.15) is 98.8 Å². The summed E-state index contributed by atoms with van der Waals surface area (Å²) in [5, 5.41) is 40.5. The molecule has 202 valence electrons. The zero-order chi connectivity index (χ0) is 25.8. The minimum atomic E-state index is -0.737. The van der Waals surface area contributed by atoms with Crippen LogP contribution in [0.25, 0.3) is 0 Å². The van der Waals surface area contributed by atoms with E-state index in [1.54, 1.807) is 5.57 Å². The van der Waals surface area contributed by atoms with Gasteiger partial charge in [0.15, 0.2) is 0 Å². The van der Waals surface area contributed by atoms with Crippen molar-refractivity contribution in [1.29, 1.82) is 0 Å². The zero-order valence-electron chi connectivity index (χ0n) is 22.9. The average Bonchev–Trinajstić information content (AvgIpc) is 3.14. The molecular weight excluding hydrogens is 440 g/mol. The predicted molar refractivity (Wildman–Crippen MR) is 141 cm³/mol. The van der Waals surface area contributed by atoms with Gasteiger partial charge in [-0.15, -0.1) is 0 Å². The van der Waals surface area contributed by atoms with E-state index < -0.39 is 23.9 Å². The molecule has 0 aliphatic heterocycles. The second-order valence-electron chi connectivity index (χ2n) is 12.7. The second-order valence-corrected chi connectivity index (χ2v) is 12.7. The van der Waals surface area contributed by atoms with Gasteiger partial charge in [0.25, 0.3) is 0 Å². The molecule has 0 aromatic heterocycles. The van der Waals surface area contributed by atoms with Crippen molar-refractivity contribution in [2.24, 2.45) is 29.1 Å². The van der Waals surface area contributed by atoms with Gasteiger partial charge in [-0.1, -0.05) is 56.9 Å². The lowest BCUT2D eigenvalue weighted by Gasteiger charge is -2.44. The monoisotopic (exact) mass is 492 g/mol. The van der Waals surface area contributed by atoms with Gasteiger partial charge < -0.3 is 25.2 Å². The number of aliphatic hydroxyl groups is 4. The zero-order valence-corrected chi connectivity index (χ0v) is 22.9. The molecule has 0 amide bonds. The standard InChI is InChI=1S/C30H52O5/c1-20(9-6-15-29(3,4)34)24-13-14-25-22(10-7-16-30(24,25)5)11-12-23-19-26(32)28(27(33)21(23)2)35-18-8-17-31/h11-12,20-21,24-28,31-34H,6-10,13-19H2,1-5H3/b22-11+,23-12-/t20-,21?,24-,25+,26-,27-,28+,30-/m1/s1. The Balaban J connectivity index is 1.67. The Morgan fingerprint density at radius 3 is 2.54 bits per heavy atom. The summed E-state index contributed by atoms with van der Waals surface area (Å²) in [7, 11) is 0. The molecule has 0 heterocycles. The van der Waals surface area contributed by atoms with Crippen molar-refractivity contribution in [3.63, 3.8) is 0 Å². The highest BCUT2D eigenvalue weighted by molar-refractivity contribution is 5.27. The summed E-state index contributed by atoms with van der Waals surface area (Å²) >= 11 is 0. The molecule has 5 heteroatoms. The Morgan fingerprint density at radius 2 is 1.86 bits per heavy atom. The van der Waals surface area contributed by atoms with Crippen LogP contribution in [0.5, 0.6) is 0 Å². The quantitative estimate of drug-likeness (QED) is 0.316. The lowest BCUT2D eigenvalue weighted by atomic mass is 9.60. The van der Waals surface area contributed by atoms with E-state index >= 15 is 0 Å². The van der Waals surface area contributed by atoms with Gasteiger partial charge in [0.2, 0.25) is 0 Å². The molecule has 3 fully saturated rings. The first-order chi connectivity index (χ1) is 16.5. The van der Waals surface area contributed by atoms with Crippen LogP contribution in [-0.4, -0.2) is 57.6 Å². The van der Waals surface area contributed by atoms with E-state index in [9.17, 15) is 15.3 Å². The number of ether oxygens (including phenoxy) is 1. The molecule has 0 aromatic rings. The molecule has 0 aromatic carbocycles. The van der Waals surface area contributed by atoms with Gasteiger partial charge >= 0.3 is 0 Å². The molecule has 0 bridgehead atoms. The van der Waals surface area contributed by atoms with Crippen LogP contribution < -0.4 is 0 Å². The van der Waals surface area contributed by atoms with Crippen LogP contribution in [0.3, 0.4) is 0 Å². The molecule has 35 heavy (non-hydrogen) atoms. The van der Waals surface area contributed by atoms with Crippen LogP contribution in [-0.2, 0) is 4.74 Å². The van der Waals surface area contributed by atoms with Crippen molar-refractivity contribution in [1.82, 2.24) is 0 Å². The van der Waals surface area contributed by atoms with Crippen LogP contribution >= 0.6 is 0 Å². The highest BCUT2D eigenvalue weighted by Gasteiger charge is 2.50. The molecule has 1 unspecified atom stereocenters. The van der Waals surface area contributed by atoms with Crippen molar-refractivity contribution >= 4 is 0 Å². The van der Waals surface area contributed by atoms with E-state index in [0.29, 0.717) is 36.7 Å².